The Morgan fingerprint density at radius 3 is 2.94 bits per heavy atom. The Bertz CT molecular complexity index is 532. The second-order valence-electron chi connectivity index (χ2n) is 5.26. The molecule has 1 nitrogen and oxygen atoms in total. The molecule has 2 atom stereocenters. The molecule has 1 aromatic carbocycles. The maximum Gasteiger partial charge on any atom is 0.0349 e. The molecule has 1 aliphatic rings. The van der Waals surface area contributed by atoms with Gasteiger partial charge < -0.3 is 0 Å². The van der Waals surface area contributed by atoms with Crippen LogP contribution in [0.1, 0.15) is 43.6 Å². The second kappa shape index (κ2) is 5.40. The lowest BCUT2D eigenvalue weighted by molar-refractivity contribution is 0.603. The van der Waals surface area contributed by atoms with Crippen molar-refractivity contribution in [1.29, 1.82) is 0 Å². The first-order valence-corrected chi connectivity index (χ1v) is 7.73. The van der Waals surface area contributed by atoms with Gasteiger partial charge in [-0.2, -0.15) is 0 Å². The van der Waals surface area contributed by atoms with E-state index in [1.807, 2.05) is 12.4 Å². The van der Waals surface area contributed by atoms with E-state index in [1.165, 1.54) is 48.4 Å². The summed E-state index contributed by atoms with van der Waals surface area (Å²) in [5, 5.41) is 2.66. The molecule has 0 radical (unpaired) electrons. The molecule has 94 valence electrons. The fraction of sp³-hybridized carbons (Fsp3) is 0.438. The summed E-state index contributed by atoms with van der Waals surface area (Å²) in [6.45, 7) is 0. The maximum absolute atomic E-state index is 4.30. The summed E-state index contributed by atoms with van der Waals surface area (Å²) in [5.74, 6) is 0.685. The number of benzene rings is 1. The first-order valence-electron chi connectivity index (χ1n) is 6.81. The SMILES string of the molecule is BrC1CCCCC(c2cccc3ccncc23)C1. The van der Waals surface area contributed by atoms with Gasteiger partial charge in [-0.3, -0.25) is 4.98 Å². The van der Waals surface area contributed by atoms with Crippen LogP contribution >= 0.6 is 15.9 Å². The highest BCUT2D eigenvalue weighted by Gasteiger charge is 2.21. The predicted molar refractivity (Wildman–Crippen MR) is 80.3 cm³/mol. The van der Waals surface area contributed by atoms with Crippen LogP contribution in [-0.4, -0.2) is 9.81 Å². The molecular weight excluding hydrogens is 286 g/mol. The lowest BCUT2D eigenvalue weighted by Crippen LogP contribution is -2.04. The van der Waals surface area contributed by atoms with Gasteiger partial charge in [0.2, 0.25) is 0 Å². The van der Waals surface area contributed by atoms with Gasteiger partial charge in [-0.1, -0.05) is 47.0 Å². The average molecular weight is 304 g/mol. The number of fused-ring (bicyclic) bond motifs is 1. The quantitative estimate of drug-likeness (QED) is 0.531. The summed E-state index contributed by atoms with van der Waals surface area (Å²) in [4.78, 5) is 4.98. The van der Waals surface area contributed by atoms with E-state index in [9.17, 15) is 0 Å². The molecule has 18 heavy (non-hydrogen) atoms. The Labute approximate surface area is 117 Å². The van der Waals surface area contributed by atoms with E-state index in [-0.39, 0.29) is 0 Å². The third-order valence-corrected chi connectivity index (χ3v) is 4.85. The highest BCUT2D eigenvalue weighted by atomic mass is 79.9. The third-order valence-electron chi connectivity index (χ3n) is 4.02. The first-order chi connectivity index (χ1) is 8.84. The minimum atomic E-state index is 0.678. The standard InChI is InChI=1S/C16H18BrN/c17-14-6-2-1-4-13(10-14)15-7-3-5-12-8-9-18-11-16(12)15/h3,5,7-9,11,13-14H,1-2,4,6,10H2. The third kappa shape index (κ3) is 2.44. The Morgan fingerprint density at radius 2 is 2.00 bits per heavy atom. The zero-order valence-electron chi connectivity index (χ0n) is 10.5. The Kier molecular flexibility index (Phi) is 3.64. The molecule has 1 fully saturated rings. The highest BCUT2D eigenvalue weighted by Crippen LogP contribution is 2.37. The molecule has 0 N–H and O–H groups in total. The van der Waals surface area contributed by atoms with Gasteiger partial charge in [0, 0.05) is 22.6 Å². The summed E-state index contributed by atoms with van der Waals surface area (Å²) >= 11 is 3.82. The van der Waals surface area contributed by atoms with Crippen LogP contribution in [0.5, 0.6) is 0 Å². The van der Waals surface area contributed by atoms with Crippen LogP contribution in [0.2, 0.25) is 0 Å². The normalized spacial score (nSPS) is 24.9. The number of hydrogen-bond acceptors (Lipinski definition) is 1. The Balaban J connectivity index is 2.02. The van der Waals surface area contributed by atoms with Crippen LogP contribution in [-0.2, 0) is 0 Å². The molecule has 2 aromatic rings. The van der Waals surface area contributed by atoms with Gasteiger partial charge in [-0.05, 0) is 42.2 Å². The molecule has 0 amide bonds. The van der Waals surface area contributed by atoms with Gasteiger partial charge in [0.25, 0.3) is 0 Å². The zero-order chi connectivity index (χ0) is 12.4. The number of halogens is 1. The molecule has 1 heterocycles. The van der Waals surface area contributed by atoms with E-state index in [0.29, 0.717) is 10.7 Å². The van der Waals surface area contributed by atoms with Crippen molar-refractivity contribution in [3.63, 3.8) is 0 Å². The number of aromatic nitrogens is 1. The van der Waals surface area contributed by atoms with Crippen molar-refractivity contribution in [3.05, 3.63) is 42.2 Å². The summed E-state index contributed by atoms with van der Waals surface area (Å²) in [5.41, 5.74) is 1.49. The lowest BCUT2D eigenvalue weighted by atomic mass is 9.89. The minimum Gasteiger partial charge on any atom is -0.264 e. The molecule has 2 unspecified atom stereocenters. The van der Waals surface area contributed by atoms with Crippen LogP contribution in [0.4, 0.5) is 0 Å². The van der Waals surface area contributed by atoms with Gasteiger partial charge in [-0.15, -0.1) is 0 Å². The average Bonchev–Trinajstić information content (AvgIpc) is 2.63. The van der Waals surface area contributed by atoms with Crippen molar-refractivity contribution in [2.75, 3.05) is 0 Å². The van der Waals surface area contributed by atoms with Crippen LogP contribution < -0.4 is 0 Å². The first kappa shape index (κ1) is 12.2. The van der Waals surface area contributed by atoms with Crippen LogP contribution in [0.15, 0.2) is 36.7 Å². The second-order valence-corrected chi connectivity index (χ2v) is 6.55. The Morgan fingerprint density at radius 1 is 1.11 bits per heavy atom. The Hall–Kier alpha value is -0.890. The summed E-state index contributed by atoms with van der Waals surface area (Å²) in [6, 6.07) is 8.77. The summed E-state index contributed by atoms with van der Waals surface area (Å²) in [6.07, 6.45) is 10.5. The lowest BCUT2D eigenvalue weighted by Gasteiger charge is -2.18. The molecule has 1 aliphatic carbocycles. The highest BCUT2D eigenvalue weighted by molar-refractivity contribution is 9.09. The molecule has 0 aliphatic heterocycles. The van der Waals surface area contributed by atoms with Gasteiger partial charge in [-0.25, -0.2) is 0 Å². The van der Waals surface area contributed by atoms with E-state index in [2.05, 4.69) is 45.2 Å². The topological polar surface area (TPSA) is 12.9 Å². The van der Waals surface area contributed by atoms with E-state index in [4.69, 9.17) is 0 Å². The van der Waals surface area contributed by atoms with Gasteiger partial charge >= 0.3 is 0 Å². The minimum absolute atomic E-state index is 0.678. The van der Waals surface area contributed by atoms with Crippen molar-refractivity contribution in [2.45, 2.75) is 42.8 Å². The smallest absolute Gasteiger partial charge is 0.0349 e. The van der Waals surface area contributed by atoms with Crippen molar-refractivity contribution in [1.82, 2.24) is 4.98 Å². The van der Waals surface area contributed by atoms with Crippen molar-refractivity contribution in [3.8, 4) is 0 Å². The molecule has 1 aromatic heterocycles. The molecule has 0 bridgehead atoms. The molecule has 3 rings (SSSR count). The van der Waals surface area contributed by atoms with E-state index >= 15 is 0 Å². The molecule has 1 saturated carbocycles. The van der Waals surface area contributed by atoms with Gasteiger partial charge in [0.05, 0.1) is 0 Å². The number of rotatable bonds is 1. The fourth-order valence-corrected chi connectivity index (χ4v) is 3.85. The van der Waals surface area contributed by atoms with Crippen molar-refractivity contribution < 1.29 is 0 Å². The maximum atomic E-state index is 4.30. The van der Waals surface area contributed by atoms with Crippen LogP contribution in [0, 0.1) is 0 Å². The van der Waals surface area contributed by atoms with Crippen molar-refractivity contribution in [2.24, 2.45) is 0 Å². The van der Waals surface area contributed by atoms with Gasteiger partial charge in [0.15, 0.2) is 0 Å². The molecular formula is C16H18BrN. The number of nitrogens with zero attached hydrogens (tertiary/aromatic N) is 1. The molecule has 0 saturated heterocycles. The van der Waals surface area contributed by atoms with Crippen LogP contribution in [0.3, 0.4) is 0 Å². The monoisotopic (exact) mass is 303 g/mol. The number of alkyl halides is 1. The van der Waals surface area contributed by atoms with Gasteiger partial charge in [0.1, 0.15) is 0 Å². The van der Waals surface area contributed by atoms with Crippen molar-refractivity contribution >= 4 is 26.7 Å². The number of hydrogen-bond donors (Lipinski definition) is 0. The van der Waals surface area contributed by atoms with Crippen LogP contribution in [0.25, 0.3) is 10.8 Å². The van der Waals surface area contributed by atoms with E-state index < -0.39 is 0 Å². The zero-order valence-corrected chi connectivity index (χ0v) is 12.1. The summed E-state index contributed by atoms with van der Waals surface area (Å²) in [7, 11) is 0. The largest absolute Gasteiger partial charge is 0.264 e. The summed E-state index contributed by atoms with van der Waals surface area (Å²) < 4.78 is 0. The fourth-order valence-electron chi connectivity index (χ4n) is 3.08. The predicted octanol–water partition coefficient (Wildman–Crippen LogP) is 5.05. The molecule has 0 spiro atoms. The van der Waals surface area contributed by atoms with E-state index in [1.54, 1.807) is 0 Å². The number of pyridine rings is 1. The van der Waals surface area contributed by atoms with E-state index in [0.717, 1.165) is 0 Å². The molecule has 2 heteroatoms.